The lowest BCUT2D eigenvalue weighted by Gasteiger charge is -2.25. The summed E-state index contributed by atoms with van der Waals surface area (Å²) >= 11 is 1.50. The van der Waals surface area contributed by atoms with Crippen molar-refractivity contribution in [2.24, 2.45) is 0 Å². The highest BCUT2D eigenvalue weighted by Crippen LogP contribution is 2.45. The number of piperidine rings is 1. The number of nitrogens with zero attached hydrogens (tertiary/aromatic N) is 1. The van der Waals surface area contributed by atoms with Gasteiger partial charge in [-0.2, -0.15) is 0 Å². The van der Waals surface area contributed by atoms with E-state index in [1.54, 1.807) is 31.4 Å². The number of phenols is 1. The van der Waals surface area contributed by atoms with Crippen LogP contribution >= 0.6 is 11.3 Å². The van der Waals surface area contributed by atoms with Crippen molar-refractivity contribution < 1.29 is 19.7 Å². The number of H-pyrrole nitrogens is 1. The number of ether oxygens (including phenoxy) is 2. The van der Waals surface area contributed by atoms with Gasteiger partial charge in [0.2, 0.25) is 0 Å². The van der Waals surface area contributed by atoms with Crippen molar-refractivity contribution in [3.8, 4) is 28.0 Å². The fraction of sp³-hybridized carbons (Fsp3) is 0.407. The minimum absolute atomic E-state index is 0.118. The van der Waals surface area contributed by atoms with Crippen LogP contribution in [0.15, 0.2) is 54.6 Å². The molecule has 0 saturated carbocycles. The maximum atomic E-state index is 9.50. The first kappa shape index (κ1) is 25.9. The second kappa shape index (κ2) is 13.8. The molecular weight excluding hydrogens is 448 g/mol. The normalized spacial score (nSPS) is 14.6. The number of likely N-dealkylation sites (tertiary alicyclic amines) is 1. The lowest BCUT2D eigenvalue weighted by molar-refractivity contribution is 0.114. The van der Waals surface area contributed by atoms with E-state index >= 15 is 0 Å². The van der Waals surface area contributed by atoms with E-state index in [0.717, 1.165) is 52.6 Å². The summed E-state index contributed by atoms with van der Waals surface area (Å²) in [7, 11) is 1.61. The van der Waals surface area contributed by atoms with Crippen LogP contribution in [0.2, 0.25) is 0 Å². The van der Waals surface area contributed by atoms with Gasteiger partial charge in [0, 0.05) is 22.7 Å². The Balaban J connectivity index is 0.000000192. The monoisotopic (exact) mass is 484 g/mol. The second-order valence-electron chi connectivity index (χ2n) is 8.14. The third-order valence-electron chi connectivity index (χ3n) is 5.58. The van der Waals surface area contributed by atoms with Crippen molar-refractivity contribution in [3.63, 3.8) is 0 Å². The summed E-state index contributed by atoms with van der Waals surface area (Å²) < 4.78 is 11.9. The van der Waals surface area contributed by atoms with E-state index in [9.17, 15) is 10.2 Å². The Morgan fingerprint density at radius 3 is 2.56 bits per heavy atom. The molecule has 0 bridgehead atoms. The largest absolute Gasteiger partial charge is 0.508 e. The topological polar surface area (TPSA) is 78.0 Å². The molecule has 4 rings (SSSR count). The van der Waals surface area contributed by atoms with E-state index in [0.29, 0.717) is 0 Å². The quantitative estimate of drug-likeness (QED) is 0.244. The van der Waals surface area contributed by atoms with Crippen LogP contribution in [-0.4, -0.2) is 60.1 Å². The number of aromatic amines is 1. The number of aromatic hydroxyl groups is 2. The lowest BCUT2D eigenvalue weighted by Crippen LogP contribution is -2.32. The zero-order valence-electron chi connectivity index (χ0n) is 20.1. The summed E-state index contributed by atoms with van der Waals surface area (Å²) in [6.45, 7) is 7.36. The van der Waals surface area contributed by atoms with E-state index < -0.39 is 0 Å². The van der Waals surface area contributed by atoms with Gasteiger partial charge in [-0.15, -0.1) is 11.3 Å². The Kier molecular flexibility index (Phi) is 10.5. The predicted molar refractivity (Wildman–Crippen MR) is 141 cm³/mol. The average Bonchev–Trinajstić information content (AvgIpc) is 3.44. The number of fused-ring (bicyclic) bond motifs is 1. The van der Waals surface area contributed by atoms with Crippen molar-refractivity contribution in [2.75, 3.05) is 40.0 Å². The molecule has 0 atom stereocenters. The van der Waals surface area contributed by atoms with Crippen LogP contribution in [-0.2, 0) is 4.74 Å². The van der Waals surface area contributed by atoms with Crippen LogP contribution in [0, 0.1) is 0 Å². The number of nitrogens with one attached hydrogen (secondary N) is 1. The van der Waals surface area contributed by atoms with Gasteiger partial charge < -0.3 is 29.6 Å². The first-order valence-corrected chi connectivity index (χ1v) is 12.7. The molecule has 2 aromatic heterocycles. The number of thiophene rings is 1. The summed E-state index contributed by atoms with van der Waals surface area (Å²) in [5.41, 5.74) is 0.796. The Labute approximate surface area is 206 Å². The number of methoxy groups -OCH3 is 1. The fourth-order valence-electron chi connectivity index (χ4n) is 3.83. The molecule has 34 heavy (non-hydrogen) atoms. The highest BCUT2D eigenvalue weighted by Gasteiger charge is 2.16. The molecule has 1 aliphatic heterocycles. The van der Waals surface area contributed by atoms with Crippen LogP contribution in [0.1, 0.15) is 32.6 Å². The Morgan fingerprint density at radius 1 is 1.06 bits per heavy atom. The van der Waals surface area contributed by atoms with Crippen molar-refractivity contribution in [1.29, 1.82) is 0 Å². The van der Waals surface area contributed by atoms with E-state index in [2.05, 4.69) is 41.1 Å². The minimum atomic E-state index is 0.118. The van der Waals surface area contributed by atoms with Gasteiger partial charge in [0.25, 0.3) is 0 Å². The number of hydrogen-bond donors (Lipinski definition) is 3. The maximum absolute atomic E-state index is 9.50. The van der Waals surface area contributed by atoms with Gasteiger partial charge in [0.1, 0.15) is 11.5 Å². The molecule has 0 spiro atoms. The van der Waals surface area contributed by atoms with Gasteiger partial charge in [-0.25, -0.2) is 0 Å². The molecule has 7 heteroatoms. The summed E-state index contributed by atoms with van der Waals surface area (Å²) in [5, 5.41) is 19.8. The Bertz CT molecular complexity index is 1060. The third kappa shape index (κ3) is 7.65. The van der Waals surface area contributed by atoms with Crippen LogP contribution < -0.4 is 4.74 Å². The van der Waals surface area contributed by atoms with Gasteiger partial charge >= 0.3 is 0 Å². The van der Waals surface area contributed by atoms with E-state index in [4.69, 9.17) is 9.47 Å². The predicted octanol–water partition coefficient (Wildman–Crippen LogP) is 6.33. The molecule has 3 aromatic rings. The molecule has 6 nitrogen and oxygen atoms in total. The van der Waals surface area contributed by atoms with Crippen molar-refractivity contribution in [2.45, 2.75) is 32.6 Å². The highest BCUT2D eigenvalue weighted by atomic mass is 32.1. The van der Waals surface area contributed by atoms with Gasteiger partial charge in [-0.3, -0.25) is 0 Å². The number of allylic oxidation sites excluding steroid dienone is 3. The minimum Gasteiger partial charge on any atom is -0.508 e. The van der Waals surface area contributed by atoms with Crippen LogP contribution in [0.25, 0.3) is 20.7 Å². The summed E-state index contributed by atoms with van der Waals surface area (Å²) in [4.78, 5) is 6.27. The SMILES string of the molecule is CC/C=C\C=C/COCCN1CCCCC1.COc1c(-c2ccc(O)[nH]2)sc2cc(O)ccc12. The van der Waals surface area contributed by atoms with E-state index in [1.807, 2.05) is 6.07 Å². The number of benzene rings is 1. The van der Waals surface area contributed by atoms with E-state index in [1.165, 1.54) is 43.7 Å². The molecule has 0 amide bonds. The van der Waals surface area contributed by atoms with Crippen LogP contribution in [0.5, 0.6) is 17.4 Å². The standard InChI is InChI=1S/C14H25NO.C13H11NO3S/c1-2-3-4-5-9-13-16-14-12-15-10-7-6-8-11-15;1-17-12-8-3-2-7(15)6-10(8)18-13(12)9-4-5-11(16)14-9/h3-5,9H,2,6-8,10-14H2,1H3;2-6,14-16H,1H3/b4-3-,9-5-;. The first-order chi connectivity index (χ1) is 16.6. The molecule has 1 aromatic carbocycles. The molecule has 0 unspecified atom stereocenters. The molecule has 3 heterocycles. The number of rotatable bonds is 9. The fourth-order valence-corrected chi connectivity index (χ4v) is 5.02. The Morgan fingerprint density at radius 2 is 1.85 bits per heavy atom. The number of phenolic OH excluding ortho intramolecular Hbond substituents is 1. The van der Waals surface area contributed by atoms with Gasteiger partial charge in [0.05, 0.1) is 30.9 Å². The van der Waals surface area contributed by atoms with Crippen molar-refractivity contribution >= 4 is 21.4 Å². The molecule has 3 N–H and O–H groups in total. The molecule has 184 valence electrons. The summed E-state index contributed by atoms with van der Waals surface area (Å²) in [5.74, 6) is 1.09. The smallest absolute Gasteiger partial charge is 0.188 e. The molecule has 0 radical (unpaired) electrons. The van der Waals surface area contributed by atoms with Crippen molar-refractivity contribution in [3.05, 3.63) is 54.6 Å². The zero-order valence-corrected chi connectivity index (χ0v) is 20.9. The summed E-state index contributed by atoms with van der Waals surface area (Å²) in [6, 6.07) is 8.55. The molecule has 1 fully saturated rings. The van der Waals surface area contributed by atoms with Crippen LogP contribution in [0.3, 0.4) is 0 Å². The summed E-state index contributed by atoms with van der Waals surface area (Å²) in [6.07, 6.45) is 13.6. The third-order valence-corrected chi connectivity index (χ3v) is 6.75. The number of hydrogen-bond acceptors (Lipinski definition) is 6. The molecular formula is C27H36N2O4S. The van der Waals surface area contributed by atoms with Gasteiger partial charge in [0.15, 0.2) is 5.88 Å². The molecule has 1 saturated heterocycles. The highest BCUT2D eigenvalue weighted by molar-refractivity contribution is 7.22. The molecule has 0 aliphatic carbocycles. The van der Waals surface area contributed by atoms with Gasteiger partial charge in [-0.1, -0.05) is 37.6 Å². The molecule has 1 aliphatic rings. The lowest BCUT2D eigenvalue weighted by atomic mass is 10.1. The maximum Gasteiger partial charge on any atom is 0.188 e. The average molecular weight is 485 g/mol. The first-order valence-electron chi connectivity index (χ1n) is 11.9. The van der Waals surface area contributed by atoms with Gasteiger partial charge in [-0.05, 0) is 56.6 Å². The van der Waals surface area contributed by atoms with Crippen molar-refractivity contribution in [1.82, 2.24) is 9.88 Å². The van der Waals surface area contributed by atoms with Crippen LogP contribution in [0.4, 0.5) is 0 Å². The number of aromatic nitrogens is 1. The Hall–Kier alpha value is -2.74. The van der Waals surface area contributed by atoms with E-state index in [-0.39, 0.29) is 11.6 Å². The zero-order chi connectivity index (χ0) is 24.2. The second-order valence-corrected chi connectivity index (χ2v) is 9.20.